The average molecular weight is 289 g/mol. The standard InChI is InChI=1S/C15H10ClFN2O/c16-13-6-2-5-12(14(13)17)15(20)19-9-11-4-1-3-10(7-11)8-18/h1-7H,9H2,(H,19,20). The molecule has 0 fully saturated rings. The van der Waals surface area contributed by atoms with Crippen LogP contribution in [0.1, 0.15) is 21.5 Å². The Labute approximate surface area is 120 Å². The fourth-order valence-corrected chi connectivity index (χ4v) is 1.88. The van der Waals surface area contributed by atoms with Gasteiger partial charge < -0.3 is 5.32 Å². The molecule has 0 radical (unpaired) electrons. The van der Waals surface area contributed by atoms with Crippen LogP contribution in [0.15, 0.2) is 42.5 Å². The second-order valence-electron chi connectivity index (χ2n) is 4.10. The van der Waals surface area contributed by atoms with Crippen molar-refractivity contribution < 1.29 is 9.18 Å². The molecule has 0 spiro atoms. The zero-order valence-electron chi connectivity index (χ0n) is 10.4. The molecule has 2 aromatic rings. The van der Waals surface area contributed by atoms with Gasteiger partial charge in [0.1, 0.15) is 0 Å². The lowest BCUT2D eigenvalue weighted by Crippen LogP contribution is -2.23. The summed E-state index contributed by atoms with van der Waals surface area (Å²) in [6.45, 7) is 0.209. The van der Waals surface area contributed by atoms with Gasteiger partial charge >= 0.3 is 0 Å². The Bertz CT molecular complexity index is 695. The van der Waals surface area contributed by atoms with Crippen LogP contribution in [0.25, 0.3) is 0 Å². The van der Waals surface area contributed by atoms with Crippen LogP contribution >= 0.6 is 11.6 Å². The van der Waals surface area contributed by atoms with E-state index in [-0.39, 0.29) is 17.1 Å². The van der Waals surface area contributed by atoms with E-state index in [1.54, 1.807) is 24.3 Å². The Morgan fingerprint density at radius 1 is 1.30 bits per heavy atom. The molecule has 1 N–H and O–H groups in total. The third-order valence-corrected chi connectivity index (χ3v) is 3.00. The maximum absolute atomic E-state index is 13.7. The number of carbonyl (C=O) groups excluding carboxylic acids is 1. The number of amides is 1. The summed E-state index contributed by atoms with van der Waals surface area (Å²) in [4.78, 5) is 11.9. The van der Waals surface area contributed by atoms with Gasteiger partial charge in [-0.2, -0.15) is 5.26 Å². The van der Waals surface area contributed by atoms with Crippen LogP contribution in [-0.4, -0.2) is 5.91 Å². The summed E-state index contributed by atoms with van der Waals surface area (Å²) in [5.74, 6) is -1.29. The Hall–Kier alpha value is -2.38. The van der Waals surface area contributed by atoms with Crippen molar-refractivity contribution in [3.8, 4) is 6.07 Å². The van der Waals surface area contributed by atoms with E-state index in [1.807, 2.05) is 6.07 Å². The zero-order valence-corrected chi connectivity index (χ0v) is 11.1. The van der Waals surface area contributed by atoms with Crippen molar-refractivity contribution in [2.45, 2.75) is 6.54 Å². The fourth-order valence-electron chi connectivity index (χ4n) is 1.71. The van der Waals surface area contributed by atoms with E-state index in [9.17, 15) is 9.18 Å². The molecule has 0 atom stereocenters. The molecule has 0 unspecified atom stereocenters. The molecule has 0 aromatic heterocycles. The van der Waals surface area contributed by atoms with Crippen LogP contribution in [-0.2, 0) is 6.54 Å². The van der Waals surface area contributed by atoms with Gasteiger partial charge in [0.15, 0.2) is 5.82 Å². The SMILES string of the molecule is N#Cc1cccc(CNC(=O)c2cccc(Cl)c2F)c1. The second-order valence-corrected chi connectivity index (χ2v) is 4.50. The molecule has 0 saturated heterocycles. The fraction of sp³-hybridized carbons (Fsp3) is 0.0667. The molecule has 3 nitrogen and oxygen atoms in total. The van der Waals surface area contributed by atoms with Crippen molar-refractivity contribution >= 4 is 17.5 Å². The minimum Gasteiger partial charge on any atom is -0.348 e. The van der Waals surface area contributed by atoms with Crippen LogP contribution in [0.3, 0.4) is 0 Å². The maximum Gasteiger partial charge on any atom is 0.254 e. The van der Waals surface area contributed by atoms with Crippen molar-refractivity contribution in [3.63, 3.8) is 0 Å². The van der Waals surface area contributed by atoms with E-state index in [4.69, 9.17) is 16.9 Å². The predicted molar refractivity (Wildman–Crippen MR) is 73.7 cm³/mol. The van der Waals surface area contributed by atoms with Crippen molar-refractivity contribution in [3.05, 3.63) is 70.0 Å². The highest BCUT2D eigenvalue weighted by Crippen LogP contribution is 2.17. The molecule has 100 valence electrons. The minimum atomic E-state index is -0.738. The number of hydrogen-bond donors (Lipinski definition) is 1. The van der Waals surface area contributed by atoms with E-state index in [0.29, 0.717) is 5.56 Å². The van der Waals surface area contributed by atoms with Gasteiger partial charge in [-0.25, -0.2) is 4.39 Å². The number of carbonyl (C=O) groups is 1. The summed E-state index contributed by atoms with van der Waals surface area (Å²) in [6, 6.07) is 13.1. The summed E-state index contributed by atoms with van der Waals surface area (Å²) in [5, 5.41) is 11.3. The third-order valence-electron chi connectivity index (χ3n) is 2.71. The van der Waals surface area contributed by atoms with E-state index in [2.05, 4.69) is 5.32 Å². The molecule has 0 bridgehead atoms. The minimum absolute atomic E-state index is 0.0934. The second kappa shape index (κ2) is 6.18. The lowest BCUT2D eigenvalue weighted by atomic mass is 10.1. The van der Waals surface area contributed by atoms with E-state index in [1.165, 1.54) is 18.2 Å². The molecule has 0 aliphatic rings. The van der Waals surface area contributed by atoms with Crippen LogP contribution in [0.4, 0.5) is 4.39 Å². The highest BCUT2D eigenvalue weighted by atomic mass is 35.5. The summed E-state index contributed by atoms with van der Waals surface area (Å²) >= 11 is 5.62. The van der Waals surface area contributed by atoms with E-state index in [0.717, 1.165) is 5.56 Å². The predicted octanol–water partition coefficient (Wildman–Crippen LogP) is 3.28. The lowest BCUT2D eigenvalue weighted by molar-refractivity contribution is 0.0947. The van der Waals surface area contributed by atoms with Crippen molar-refractivity contribution in [1.82, 2.24) is 5.32 Å². The molecule has 0 aliphatic carbocycles. The molecular weight excluding hydrogens is 279 g/mol. The number of hydrogen-bond acceptors (Lipinski definition) is 2. The number of halogens is 2. The first-order chi connectivity index (χ1) is 9.61. The summed E-state index contributed by atoms with van der Waals surface area (Å²) in [5.41, 5.74) is 1.17. The Morgan fingerprint density at radius 3 is 2.80 bits per heavy atom. The molecular formula is C15H10ClFN2O. The smallest absolute Gasteiger partial charge is 0.254 e. The van der Waals surface area contributed by atoms with Gasteiger partial charge in [0.05, 0.1) is 22.2 Å². The van der Waals surface area contributed by atoms with Gasteiger partial charge in [-0.1, -0.05) is 29.8 Å². The number of nitrogens with one attached hydrogen (secondary N) is 1. The maximum atomic E-state index is 13.7. The number of rotatable bonds is 3. The molecule has 0 heterocycles. The van der Waals surface area contributed by atoms with Gasteiger partial charge in [0, 0.05) is 6.54 Å². The first-order valence-corrected chi connectivity index (χ1v) is 6.21. The van der Waals surface area contributed by atoms with Crippen LogP contribution in [0, 0.1) is 17.1 Å². The highest BCUT2D eigenvalue weighted by Gasteiger charge is 2.13. The van der Waals surface area contributed by atoms with Crippen molar-refractivity contribution in [2.75, 3.05) is 0 Å². The molecule has 2 aromatic carbocycles. The van der Waals surface area contributed by atoms with Crippen LogP contribution in [0.5, 0.6) is 0 Å². The summed E-state index contributed by atoms with van der Waals surface area (Å²) in [6.07, 6.45) is 0. The van der Waals surface area contributed by atoms with E-state index >= 15 is 0 Å². The summed E-state index contributed by atoms with van der Waals surface area (Å²) in [7, 11) is 0. The largest absolute Gasteiger partial charge is 0.348 e. The zero-order chi connectivity index (χ0) is 14.5. The van der Waals surface area contributed by atoms with Crippen LogP contribution < -0.4 is 5.32 Å². The van der Waals surface area contributed by atoms with Crippen molar-refractivity contribution in [2.24, 2.45) is 0 Å². The van der Waals surface area contributed by atoms with Crippen LogP contribution in [0.2, 0.25) is 5.02 Å². The molecule has 20 heavy (non-hydrogen) atoms. The lowest BCUT2D eigenvalue weighted by Gasteiger charge is -2.07. The first kappa shape index (κ1) is 14.0. The molecule has 0 saturated carbocycles. The normalized spacial score (nSPS) is 9.85. The van der Waals surface area contributed by atoms with E-state index < -0.39 is 11.7 Å². The quantitative estimate of drug-likeness (QED) is 0.942. The number of benzene rings is 2. The molecule has 1 amide bonds. The summed E-state index contributed by atoms with van der Waals surface area (Å²) < 4.78 is 13.7. The third kappa shape index (κ3) is 3.14. The van der Waals surface area contributed by atoms with Gasteiger partial charge in [-0.05, 0) is 29.8 Å². The number of nitrogens with zero attached hydrogens (tertiary/aromatic N) is 1. The monoisotopic (exact) mass is 288 g/mol. The molecule has 5 heteroatoms. The molecule has 0 aliphatic heterocycles. The van der Waals surface area contributed by atoms with Crippen molar-refractivity contribution in [1.29, 1.82) is 5.26 Å². The number of nitriles is 1. The Kier molecular flexibility index (Phi) is 4.34. The average Bonchev–Trinajstić information content (AvgIpc) is 2.48. The van der Waals surface area contributed by atoms with Gasteiger partial charge in [0.2, 0.25) is 0 Å². The Morgan fingerprint density at radius 2 is 2.05 bits per heavy atom. The van der Waals surface area contributed by atoms with Gasteiger partial charge in [-0.3, -0.25) is 4.79 Å². The van der Waals surface area contributed by atoms with Gasteiger partial charge in [0.25, 0.3) is 5.91 Å². The topological polar surface area (TPSA) is 52.9 Å². The first-order valence-electron chi connectivity index (χ1n) is 5.83. The molecule has 2 rings (SSSR count). The van der Waals surface area contributed by atoms with Gasteiger partial charge in [-0.15, -0.1) is 0 Å². The highest BCUT2D eigenvalue weighted by molar-refractivity contribution is 6.31. The Balaban J connectivity index is 2.09.